The molecule has 3 aromatic rings. The Balaban J connectivity index is 1.67. The van der Waals surface area contributed by atoms with Gasteiger partial charge in [0.15, 0.2) is 11.6 Å². The number of hydrogen-bond donors (Lipinski definition) is 2. The zero-order chi connectivity index (χ0) is 20.3. The third-order valence-corrected chi connectivity index (χ3v) is 4.25. The zero-order valence-electron chi connectivity index (χ0n) is 15.2. The van der Waals surface area contributed by atoms with Crippen LogP contribution >= 0.6 is 0 Å². The molecule has 1 unspecified atom stereocenters. The van der Waals surface area contributed by atoms with E-state index in [-0.39, 0.29) is 17.9 Å². The average Bonchev–Trinajstić information content (AvgIpc) is 3.09. The highest BCUT2D eigenvalue weighted by Gasteiger charge is 2.25. The maximum atomic E-state index is 13.8. The Kier molecular flexibility index (Phi) is 5.72. The maximum Gasteiger partial charge on any atom is 0.315 e. The van der Waals surface area contributed by atoms with Crippen molar-refractivity contribution >= 4 is 11.7 Å². The molecule has 0 saturated carbocycles. The van der Waals surface area contributed by atoms with Gasteiger partial charge < -0.3 is 19.8 Å². The molecule has 0 aliphatic rings. The first-order valence-electron chi connectivity index (χ1n) is 8.48. The fourth-order valence-electron chi connectivity index (χ4n) is 2.81. The number of benzene rings is 1. The lowest BCUT2D eigenvalue weighted by molar-refractivity contribution is 0.101. The first-order valence-corrected chi connectivity index (χ1v) is 8.48. The summed E-state index contributed by atoms with van der Waals surface area (Å²) in [5.41, 5.74) is 2.21. The molecule has 9 heteroatoms. The summed E-state index contributed by atoms with van der Waals surface area (Å²) in [7, 11) is 1.27. The lowest BCUT2D eigenvalue weighted by Crippen LogP contribution is -2.40. The minimum Gasteiger partial charge on any atom is -0.494 e. The van der Waals surface area contributed by atoms with E-state index in [9.17, 15) is 18.0 Å². The molecule has 148 valence electrons. The van der Waals surface area contributed by atoms with Gasteiger partial charge in [-0.2, -0.15) is 0 Å². The smallest absolute Gasteiger partial charge is 0.315 e. The predicted octanol–water partition coefficient (Wildman–Crippen LogP) is 3.60. The molecule has 3 rings (SSSR count). The fraction of sp³-hybridized carbons (Fsp3) is 0.263. The Hall–Kier alpha value is -3.23. The summed E-state index contributed by atoms with van der Waals surface area (Å²) < 4.78 is 47.2. The van der Waals surface area contributed by atoms with E-state index in [0.717, 1.165) is 17.4 Å². The van der Waals surface area contributed by atoms with E-state index in [4.69, 9.17) is 4.74 Å². The molecule has 2 N–H and O–H groups in total. The zero-order valence-corrected chi connectivity index (χ0v) is 15.2. The van der Waals surface area contributed by atoms with Crippen molar-refractivity contribution in [3.05, 3.63) is 65.4 Å². The summed E-state index contributed by atoms with van der Waals surface area (Å²) >= 11 is 0. The van der Waals surface area contributed by atoms with Crippen LogP contribution in [0.15, 0.2) is 42.6 Å². The van der Waals surface area contributed by atoms with Crippen molar-refractivity contribution in [2.75, 3.05) is 7.11 Å². The Labute approximate surface area is 159 Å². The van der Waals surface area contributed by atoms with Crippen LogP contribution in [-0.2, 0) is 6.54 Å². The van der Waals surface area contributed by atoms with Crippen LogP contribution < -0.4 is 15.4 Å². The minimum atomic E-state index is -2.92. The molecule has 1 aromatic carbocycles. The summed E-state index contributed by atoms with van der Waals surface area (Å²) in [6, 6.07) is 6.56. The van der Waals surface area contributed by atoms with Gasteiger partial charge in [0.1, 0.15) is 11.7 Å². The SMILES string of the molecule is COc1ccc(C(NC(=O)NCc2cn3c(C)cccc3n2)C(F)F)cc1F. The van der Waals surface area contributed by atoms with Gasteiger partial charge in [-0.05, 0) is 36.8 Å². The van der Waals surface area contributed by atoms with Gasteiger partial charge >= 0.3 is 6.03 Å². The van der Waals surface area contributed by atoms with Gasteiger partial charge in [0.25, 0.3) is 6.43 Å². The molecule has 0 bridgehead atoms. The van der Waals surface area contributed by atoms with Crippen LogP contribution in [0.4, 0.5) is 18.0 Å². The van der Waals surface area contributed by atoms with Crippen molar-refractivity contribution < 1.29 is 22.7 Å². The minimum absolute atomic E-state index is 0.0554. The molecule has 2 aromatic heterocycles. The van der Waals surface area contributed by atoms with Gasteiger partial charge in [-0.3, -0.25) is 0 Å². The number of rotatable bonds is 6. The number of aromatic nitrogens is 2. The van der Waals surface area contributed by atoms with Crippen molar-refractivity contribution in [3.63, 3.8) is 0 Å². The predicted molar refractivity (Wildman–Crippen MR) is 97.0 cm³/mol. The Morgan fingerprint density at radius 1 is 1.29 bits per heavy atom. The van der Waals surface area contributed by atoms with Crippen LogP contribution in [0.1, 0.15) is 23.0 Å². The molecule has 2 amide bonds. The number of aryl methyl sites for hydroxylation is 1. The van der Waals surface area contributed by atoms with Gasteiger partial charge in [-0.25, -0.2) is 22.9 Å². The van der Waals surface area contributed by atoms with E-state index in [1.165, 1.54) is 19.2 Å². The third-order valence-electron chi connectivity index (χ3n) is 4.25. The summed E-state index contributed by atoms with van der Waals surface area (Å²) in [6.07, 6.45) is -1.16. The number of fused-ring (bicyclic) bond motifs is 1. The number of halogens is 3. The Morgan fingerprint density at radius 3 is 2.71 bits per heavy atom. The van der Waals surface area contributed by atoms with Gasteiger partial charge in [-0.15, -0.1) is 0 Å². The molecular formula is C19H19F3N4O2. The molecule has 1 atom stereocenters. The van der Waals surface area contributed by atoms with Crippen molar-refractivity contribution in [2.24, 2.45) is 0 Å². The number of urea groups is 1. The van der Waals surface area contributed by atoms with E-state index >= 15 is 0 Å². The largest absolute Gasteiger partial charge is 0.494 e. The monoisotopic (exact) mass is 392 g/mol. The highest BCUT2D eigenvalue weighted by atomic mass is 19.3. The normalized spacial score (nSPS) is 12.2. The molecule has 0 radical (unpaired) electrons. The molecular weight excluding hydrogens is 373 g/mol. The highest BCUT2D eigenvalue weighted by molar-refractivity contribution is 5.74. The number of hydrogen-bond acceptors (Lipinski definition) is 3. The van der Waals surface area contributed by atoms with Gasteiger partial charge in [-0.1, -0.05) is 12.1 Å². The van der Waals surface area contributed by atoms with Crippen molar-refractivity contribution in [1.29, 1.82) is 0 Å². The first-order chi connectivity index (χ1) is 13.4. The van der Waals surface area contributed by atoms with E-state index < -0.39 is 24.3 Å². The number of alkyl halides is 2. The van der Waals surface area contributed by atoms with Crippen LogP contribution in [0.2, 0.25) is 0 Å². The highest BCUT2D eigenvalue weighted by Crippen LogP contribution is 2.25. The number of ether oxygens (including phenoxy) is 1. The first kappa shape index (κ1) is 19.5. The van der Waals surface area contributed by atoms with Crippen molar-refractivity contribution in [2.45, 2.75) is 25.9 Å². The average molecular weight is 392 g/mol. The van der Waals surface area contributed by atoms with Crippen LogP contribution in [-0.4, -0.2) is 29.0 Å². The van der Waals surface area contributed by atoms with Crippen LogP contribution in [0.3, 0.4) is 0 Å². The van der Waals surface area contributed by atoms with E-state index in [1.54, 1.807) is 6.20 Å². The third kappa shape index (κ3) is 4.19. The maximum absolute atomic E-state index is 13.8. The molecule has 0 spiro atoms. The number of nitrogens with zero attached hydrogens (tertiary/aromatic N) is 2. The fourth-order valence-corrected chi connectivity index (χ4v) is 2.81. The number of imidazole rings is 1. The standard InChI is InChI=1S/C19H19F3N4O2/c1-11-4-3-5-16-24-13(10-26(11)16)9-23-19(27)25-17(18(21)22)12-6-7-15(28-2)14(20)8-12/h3-8,10,17-18H,9H2,1-2H3,(H2,23,25,27). The Bertz CT molecular complexity index is 990. The summed E-state index contributed by atoms with van der Waals surface area (Å²) in [4.78, 5) is 16.4. The van der Waals surface area contributed by atoms with Gasteiger partial charge in [0.2, 0.25) is 0 Å². The lowest BCUT2D eigenvalue weighted by atomic mass is 10.1. The molecule has 28 heavy (non-hydrogen) atoms. The molecule has 6 nitrogen and oxygen atoms in total. The quantitative estimate of drug-likeness (QED) is 0.674. The summed E-state index contributed by atoms with van der Waals surface area (Å²) in [5, 5.41) is 4.66. The van der Waals surface area contributed by atoms with Gasteiger partial charge in [0, 0.05) is 11.9 Å². The number of carbonyl (C=O) groups excluding carboxylic acids is 1. The van der Waals surface area contributed by atoms with Gasteiger partial charge in [0.05, 0.1) is 19.3 Å². The second-order valence-corrected chi connectivity index (χ2v) is 6.16. The second kappa shape index (κ2) is 8.20. The number of methoxy groups -OCH3 is 1. The Morgan fingerprint density at radius 2 is 2.07 bits per heavy atom. The second-order valence-electron chi connectivity index (χ2n) is 6.16. The van der Waals surface area contributed by atoms with Crippen molar-refractivity contribution in [1.82, 2.24) is 20.0 Å². The van der Waals surface area contributed by atoms with E-state index in [0.29, 0.717) is 5.69 Å². The number of amides is 2. The van der Waals surface area contributed by atoms with Crippen LogP contribution in [0, 0.1) is 12.7 Å². The summed E-state index contributed by atoms with van der Waals surface area (Å²) in [6.45, 7) is 1.97. The molecule has 0 fully saturated rings. The van der Waals surface area contributed by atoms with E-state index in [2.05, 4.69) is 15.6 Å². The number of pyridine rings is 1. The van der Waals surface area contributed by atoms with Crippen LogP contribution in [0.25, 0.3) is 5.65 Å². The van der Waals surface area contributed by atoms with Crippen molar-refractivity contribution in [3.8, 4) is 5.75 Å². The topological polar surface area (TPSA) is 67.7 Å². The molecule has 0 aliphatic carbocycles. The van der Waals surface area contributed by atoms with Crippen LogP contribution in [0.5, 0.6) is 5.75 Å². The molecule has 2 heterocycles. The number of nitrogens with one attached hydrogen (secondary N) is 2. The lowest BCUT2D eigenvalue weighted by Gasteiger charge is -2.19. The molecule has 0 aliphatic heterocycles. The summed E-state index contributed by atoms with van der Waals surface area (Å²) in [5.74, 6) is -0.851. The van der Waals surface area contributed by atoms with E-state index in [1.807, 2.05) is 29.5 Å². The molecule has 0 saturated heterocycles. The number of carbonyl (C=O) groups is 1.